The van der Waals surface area contributed by atoms with Gasteiger partial charge in [0.05, 0.1) is 13.2 Å². The molecule has 0 heterocycles. The summed E-state index contributed by atoms with van der Waals surface area (Å²) in [6.45, 7) is 3.49. The SMILES string of the molecule is CCCCC/C=C/C/C=C/C/C=C/C/C=C/C/C=C/CCC(=O)O[C@H](COC(=O)CCC/C=C/C/C=C/C/C=C/C/C=C/CCCCC)COP(=O)(O)OCCN. The molecule has 0 fully saturated rings. The third-order valence-corrected chi connectivity index (χ3v) is 9.13. The van der Waals surface area contributed by atoms with Gasteiger partial charge in [-0.1, -0.05) is 149 Å². The van der Waals surface area contributed by atoms with E-state index in [1.807, 2.05) is 18.2 Å². The summed E-state index contributed by atoms with van der Waals surface area (Å²) in [4.78, 5) is 34.8. The van der Waals surface area contributed by atoms with Gasteiger partial charge in [0.1, 0.15) is 6.61 Å². The number of hydrogen-bond acceptors (Lipinski definition) is 8. The Morgan fingerprint density at radius 2 is 0.930 bits per heavy atom. The molecular weight excluding hydrogens is 737 g/mol. The zero-order valence-electron chi connectivity index (χ0n) is 35.3. The molecule has 0 aliphatic rings. The second-order valence-corrected chi connectivity index (χ2v) is 14.9. The number of allylic oxidation sites excluding steroid dienone is 18. The molecule has 322 valence electrons. The van der Waals surface area contributed by atoms with Crippen molar-refractivity contribution in [1.29, 1.82) is 0 Å². The molecule has 1 unspecified atom stereocenters. The van der Waals surface area contributed by atoms with Gasteiger partial charge in [-0.25, -0.2) is 4.57 Å². The Bertz CT molecular complexity index is 1290. The van der Waals surface area contributed by atoms with E-state index in [9.17, 15) is 19.0 Å². The van der Waals surface area contributed by atoms with Crippen molar-refractivity contribution in [2.24, 2.45) is 5.73 Å². The third-order valence-electron chi connectivity index (χ3n) is 8.14. The van der Waals surface area contributed by atoms with Crippen LogP contribution in [0.2, 0.25) is 0 Å². The first-order valence-electron chi connectivity index (χ1n) is 21.4. The van der Waals surface area contributed by atoms with Crippen LogP contribution in [-0.4, -0.2) is 49.3 Å². The molecule has 3 N–H and O–H groups in total. The lowest BCUT2D eigenvalue weighted by Crippen LogP contribution is -2.29. The molecule has 0 aliphatic carbocycles. The van der Waals surface area contributed by atoms with E-state index in [1.54, 1.807) is 0 Å². The number of ether oxygens (including phenoxy) is 2. The van der Waals surface area contributed by atoms with Crippen molar-refractivity contribution in [2.45, 2.75) is 148 Å². The molecule has 0 bridgehead atoms. The topological polar surface area (TPSA) is 134 Å². The molecule has 0 radical (unpaired) electrons. The average Bonchev–Trinajstić information content (AvgIpc) is 3.20. The smallest absolute Gasteiger partial charge is 0.462 e. The first-order chi connectivity index (χ1) is 27.8. The Kier molecular flexibility index (Phi) is 39.8. The Morgan fingerprint density at radius 1 is 0.526 bits per heavy atom. The van der Waals surface area contributed by atoms with E-state index in [1.165, 1.54) is 51.4 Å². The minimum Gasteiger partial charge on any atom is -0.462 e. The summed E-state index contributed by atoms with van der Waals surface area (Å²) in [5.41, 5.74) is 5.34. The predicted molar refractivity (Wildman–Crippen MR) is 238 cm³/mol. The number of hydrogen-bond donors (Lipinski definition) is 2. The fraction of sp³-hybridized carbons (Fsp3) is 0.574. The van der Waals surface area contributed by atoms with E-state index in [0.29, 0.717) is 12.8 Å². The van der Waals surface area contributed by atoms with Gasteiger partial charge in [0.15, 0.2) is 6.10 Å². The van der Waals surface area contributed by atoms with Gasteiger partial charge in [-0.05, 0) is 89.9 Å². The van der Waals surface area contributed by atoms with E-state index < -0.39 is 32.5 Å². The second kappa shape index (κ2) is 42.3. The maximum absolute atomic E-state index is 12.5. The van der Waals surface area contributed by atoms with Crippen LogP contribution in [-0.2, 0) is 32.7 Å². The summed E-state index contributed by atoms with van der Waals surface area (Å²) in [6.07, 6.45) is 55.7. The lowest BCUT2D eigenvalue weighted by Gasteiger charge is -2.19. The second-order valence-electron chi connectivity index (χ2n) is 13.5. The highest BCUT2D eigenvalue weighted by Gasteiger charge is 2.25. The largest absolute Gasteiger partial charge is 0.472 e. The third kappa shape index (κ3) is 42.1. The lowest BCUT2D eigenvalue weighted by atomic mass is 10.2. The highest BCUT2D eigenvalue weighted by molar-refractivity contribution is 7.47. The van der Waals surface area contributed by atoms with Crippen LogP contribution in [0.1, 0.15) is 142 Å². The van der Waals surface area contributed by atoms with Crippen molar-refractivity contribution in [3.8, 4) is 0 Å². The van der Waals surface area contributed by atoms with Gasteiger partial charge in [0, 0.05) is 19.4 Å². The predicted octanol–water partition coefficient (Wildman–Crippen LogP) is 12.4. The van der Waals surface area contributed by atoms with Crippen LogP contribution < -0.4 is 5.73 Å². The molecule has 0 amide bonds. The van der Waals surface area contributed by atoms with Gasteiger partial charge in [0.25, 0.3) is 0 Å². The van der Waals surface area contributed by atoms with Crippen LogP contribution in [0.5, 0.6) is 0 Å². The van der Waals surface area contributed by atoms with E-state index in [0.717, 1.165) is 51.4 Å². The van der Waals surface area contributed by atoms with Crippen LogP contribution in [0.4, 0.5) is 0 Å². The summed E-state index contributed by atoms with van der Waals surface area (Å²) >= 11 is 0. The van der Waals surface area contributed by atoms with Crippen molar-refractivity contribution in [3.05, 3.63) is 109 Å². The molecule has 0 aromatic rings. The Labute approximate surface area is 346 Å². The molecule has 0 rings (SSSR count). The highest BCUT2D eigenvalue weighted by Crippen LogP contribution is 2.43. The van der Waals surface area contributed by atoms with Crippen molar-refractivity contribution in [3.63, 3.8) is 0 Å². The Morgan fingerprint density at radius 3 is 1.35 bits per heavy atom. The fourth-order valence-electron chi connectivity index (χ4n) is 4.96. The number of unbranched alkanes of at least 4 members (excludes halogenated alkanes) is 7. The highest BCUT2D eigenvalue weighted by atomic mass is 31.2. The fourth-order valence-corrected chi connectivity index (χ4v) is 5.73. The van der Waals surface area contributed by atoms with Crippen molar-refractivity contribution >= 4 is 19.8 Å². The molecule has 0 saturated carbocycles. The summed E-state index contributed by atoms with van der Waals surface area (Å²) in [5, 5.41) is 0. The Balaban J connectivity index is 4.42. The zero-order valence-corrected chi connectivity index (χ0v) is 36.2. The molecule has 0 aliphatic heterocycles. The summed E-state index contributed by atoms with van der Waals surface area (Å²) in [5.74, 6) is -1.00. The minimum absolute atomic E-state index is 0.0287. The number of phosphoric acid groups is 1. The van der Waals surface area contributed by atoms with Gasteiger partial charge in [-0.3, -0.25) is 18.6 Å². The number of carbonyl (C=O) groups is 2. The minimum atomic E-state index is -4.42. The molecular formula is C47H76NO8P. The van der Waals surface area contributed by atoms with Gasteiger partial charge in [-0.2, -0.15) is 0 Å². The zero-order chi connectivity index (χ0) is 41.8. The van der Waals surface area contributed by atoms with Gasteiger partial charge in [0.2, 0.25) is 0 Å². The van der Waals surface area contributed by atoms with E-state index in [2.05, 4.69) is 105 Å². The van der Waals surface area contributed by atoms with Crippen LogP contribution in [0.15, 0.2) is 109 Å². The maximum atomic E-state index is 12.5. The van der Waals surface area contributed by atoms with Gasteiger partial charge < -0.3 is 20.1 Å². The lowest BCUT2D eigenvalue weighted by molar-refractivity contribution is -0.161. The molecule has 57 heavy (non-hydrogen) atoms. The van der Waals surface area contributed by atoms with E-state index in [-0.39, 0.29) is 32.6 Å². The normalized spacial score (nSPS) is 14.4. The number of esters is 2. The van der Waals surface area contributed by atoms with E-state index >= 15 is 0 Å². The quantitative estimate of drug-likeness (QED) is 0.0270. The monoisotopic (exact) mass is 814 g/mol. The van der Waals surface area contributed by atoms with Crippen LogP contribution in [0, 0.1) is 0 Å². The van der Waals surface area contributed by atoms with Crippen molar-refractivity contribution in [1.82, 2.24) is 0 Å². The van der Waals surface area contributed by atoms with E-state index in [4.69, 9.17) is 24.3 Å². The van der Waals surface area contributed by atoms with Gasteiger partial charge >= 0.3 is 19.8 Å². The molecule has 0 saturated heterocycles. The average molecular weight is 814 g/mol. The van der Waals surface area contributed by atoms with Crippen LogP contribution in [0.3, 0.4) is 0 Å². The molecule has 0 aromatic heterocycles. The Hall–Kier alpha value is -3.33. The van der Waals surface area contributed by atoms with Crippen LogP contribution in [0.25, 0.3) is 0 Å². The number of nitrogens with two attached hydrogens (primary N) is 1. The standard InChI is InChI=1S/C47H76NO8P/c1-3-5-7-9-11-13-15-17-19-21-22-24-26-28-30-32-34-36-38-40-47(50)56-45(44-55-57(51,52)54-42-41-48)43-53-46(49)39-37-35-33-31-29-27-25-23-20-18-16-14-12-10-8-6-4-2/h11-14,17-20,22,24-25,27-28,30-31,33-34,36,45H,3-10,15-16,21,23,26,29,32,35,37-44,48H2,1-2H3,(H,51,52)/b13-11+,14-12+,19-17+,20-18+,24-22+,27-25+,30-28+,33-31+,36-34+/t45-/m1/s1. The molecule has 2 atom stereocenters. The molecule has 0 spiro atoms. The first-order valence-corrected chi connectivity index (χ1v) is 22.9. The first kappa shape index (κ1) is 53.7. The van der Waals surface area contributed by atoms with Gasteiger partial charge in [-0.15, -0.1) is 0 Å². The molecule has 9 nitrogen and oxygen atoms in total. The number of rotatable bonds is 38. The molecule has 0 aromatic carbocycles. The summed E-state index contributed by atoms with van der Waals surface area (Å²) in [7, 11) is -4.42. The summed E-state index contributed by atoms with van der Waals surface area (Å²) < 4.78 is 32.6. The van der Waals surface area contributed by atoms with Crippen molar-refractivity contribution < 1.29 is 37.6 Å². The summed E-state index contributed by atoms with van der Waals surface area (Å²) in [6, 6.07) is 0. The number of carbonyl (C=O) groups excluding carboxylic acids is 2. The maximum Gasteiger partial charge on any atom is 0.472 e. The van der Waals surface area contributed by atoms with Crippen molar-refractivity contribution in [2.75, 3.05) is 26.4 Å². The van der Waals surface area contributed by atoms with Crippen LogP contribution >= 0.6 is 7.82 Å². The molecule has 10 heteroatoms. The number of phosphoric ester groups is 1.